The summed E-state index contributed by atoms with van der Waals surface area (Å²) >= 11 is 0. The van der Waals surface area contributed by atoms with Gasteiger partial charge in [-0.05, 0) is 43.5 Å². The Bertz CT molecular complexity index is 314. The average Bonchev–Trinajstić information content (AvgIpc) is 1.99. The molecule has 0 spiro atoms. The maximum atomic E-state index is 5.35. The van der Waals surface area contributed by atoms with Gasteiger partial charge in [0.2, 0.25) is 0 Å². The maximum absolute atomic E-state index is 5.35. The van der Waals surface area contributed by atoms with Crippen LogP contribution < -0.4 is 0 Å². The van der Waals surface area contributed by atoms with Gasteiger partial charge in [-0.1, -0.05) is 12.0 Å². The topological polar surface area (TPSA) is 0 Å². The summed E-state index contributed by atoms with van der Waals surface area (Å²) in [6.45, 7) is 6.08. The van der Waals surface area contributed by atoms with E-state index < -0.39 is 0 Å². The molecule has 1 aromatic rings. The molecule has 0 heterocycles. The number of benzene rings is 1. The first-order valence-electron chi connectivity index (χ1n) is 3.62. The number of hydrogen-bond acceptors (Lipinski definition) is 0. The fraction of sp³-hybridized carbons (Fsp3) is 0.273. The largest absolute Gasteiger partial charge is 0.115 e. The Morgan fingerprint density at radius 3 is 2.45 bits per heavy atom. The Kier molecular flexibility index (Phi) is 2.01. The Balaban J connectivity index is 3.44. The normalized spacial score (nSPS) is 9.27. The van der Waals surface area contributed by atoms with Crippen molar-refractivity contribution >= 4 is 0 Å². The molecule has 0 atom stereocenters. The molecule has 0 N–H and O–H groups in total. The summed E-state index contributed by atoms with van der Waals surface area (Å²) < 4.78 is 0. The van der Waals surface area contributed by atoms with Crippen LogP contribution in [0.4, 0.5) is 0 Å². The van der Waals surface area contributed by atoms with Crippen LogP contribution in [0.5, 0.6) is 0 Å². The van der Waals surface area contributed by atoms with Crippen LogP contribution in [0.3, 0.4) is 0 Å². The lowest BCUT2D eigenvalue weighted by atomic mass is 9.99. The van der Waals surface area contributed by atoms with Crippen molar-refractivity contribution in [1.82, 2.24) is 0 Å². The van der Waals surface area contributed by atoms with E-state index in [-0.39, 0.29) is 0 Å². The SMILES string of the molecule is C#Cc1c(C)[c]cc(C)c1C. The molecule has 0 amide bonds. The number of rotatable bonds is 0. The van der Waals surface area contributed by atoms with E-state index in [1.165, 1.54) is 11.1 Å². The van der Waals surface area contributed by atoms with Crippen LogP contribution in [0, 0.1) is 39.2 Å². The fourth-order valence-electron chi connectivity index (χ4n) is 1.09. The molecule has 0 bridgehead atoms. The lowest BCUT2D eigenvalue weighted by molar-refractivity contribution is 1.27. The summed E-state index contributed by atoms with van der Waals surface area (Å²) in [4.78, 5) is 0. The summed E-state index contributed by atoms with van der Waals surface area (Å²) in [5, 5.41) is 0. The van der Waals surface area contributed by atoms with Crippen molar-refractivity contribution < 1.29 is 0 Å². The zero-order valence-electron chi connectivity index (χ0n) is 7.15. The molecule has 0 unspecified atom stereocenters. The van der Waals surface area contributed by atoms with Crippen LogP contribution in [0.2, 0.25) is 0 Å². The number of aryl methyl sites for hydroxylation is 2. The van der Waals surface area contributed by atoms with Crippen LogP contribution in [0.1, 0.15) is 22.3 Å². The van der Waals surface area contributed by atoms with E-state index in [0.29, 0.717) is 0 Å². The van der Waals surface area contributed by atoms with Gasteiger partial charge in [0.15, 0.2) is 0 Å². The summed E-state index contributed by atoms with van der Waals surface area (Å²) in [6, 6.07) is 5.10. The summed E-state index contributed by atoms with van der Waals surface area (Å²) in [5.41, 5.74) is 4.47. The van der Waals surface area contributed by atoms with Gasteiger partial charge in [0.25, 0.3) is 0 Å². The van der Waals surface area contributed by atoms with Crippen molar-refractivity contribution in [2.75, 3.05) is 0 Å². The van der Waals surface area contributed by atoms with E-state index in [9.17, 15) is 0 Å². The standard InChI is InChI=1S/C11H11/c1-5-11-9(3)7-6-8(2)10(11)4/h1,6H,2-4H3. The van der Waals surface area contributed by atoms with E-state index in [1.54, 1.807) is 0 Å². The average molecular weight is 143 g/mol. The second-order valence-electron chi connectivity index (χ2n) is 2.74. The Labute approximate surface area is 68.3 Å². The Hall–Kier alpha value is -1.22. The highest BCUT2D eigenvalue weighted by Crippen LogP contribution is 2.15. The van der Waals surface area contributed by atoms with Crippen molar-refractivity contribution in [3.8, 4) is 12.3 Å². The van der Waals surface area contributed by atoms with Crippen LogP contribution in [0.25, 0.3) is 0 Å². The predicted molar refractivity (Wildman–Crippen MR) is 47.4 cm³/mol. The lowest BCUT2D eigenvalue weighted by Crippen LogP contribution is -1.90. The van der Waals surface area contributed by atoms with E-state index in [4.69, 9.17) is 6.42 Å². The number of hydrogen-bond donors (Lipinski definition) is 0. The molecule has 0 aromatic heterocycles. The van der Waals surface area contributed by atoms with Crippen LogP contribution >= 0.6 is 0 Å². The van der Waals surface area contributed by atoms with Gasteiger partial charge in [0.1, 0.15) is 0 Å². The zero-order chi connectivity index (χ0) is 8.43. The zero-order valence-corrected chi connectivity index (χ0v) is 7.15. The minimum Gasteiger partial charge on any atom is -0.115 e. The van der Waals surface area contributed by atoms with Crippen molar-refractivity contribution in [3.63, 3.8) is 0 Å². The van der Waals surface area contributed by atoms with Crippen molar-refractivity contribution in [2.45, 2.75) is 20.8 Å². The summed E-state index contributed by atoms with van der Waals surface area (Å²) in [6.07, 6.45) is 5.35. The van der Waals surface area contributed by atoms with Gasteiger partial charge in [0.05, 0.1) is 0 Å². The van der Waals surface area contributed by atoms with Gasteiger partial charge in [-0.25, -0.2) is 0 Å². The van der Waals surface area contributed by atoms with Crippen LogP contribution in [-0.4, -0.2) is 0 Å². The maximum Gasteiger partial charge on any atom is 0.0309 e. The Morgan fingerprint density at radius 2 is 2.00 bits per heavy atom. The highest BCUT2D eigenvalue weighted by Gasteiger charge is 2.00. The van der Waals surface area contributed by atoms with Crippen molar-refractivity contribution in [2.24, 2.45) is 0 Å². The molecule has 0 heteroatoms. The molecule has 0 saturated heterocycles. The van der Waals surface area contributed by atoms with E-state index in [0.717, 1.165) is 11.1 Å². The van der Waals surface area contributed by atoms with E-state index >= 15 is 0 Å². The quantitative estimate of drug-likeness (QED) is 0.489. The van der Waals surface area contributed by atoms with Gasteiger partial charge in [-0.15, -0.1) is 6.42 Å². The van der Waals surface area contributed by atoms with Crippen molar-refractivity contribution in [3.05, 3.63) is 34.4 Å². The predicted octanol–water partition coefficient (Wildman–Crippen LogP) is 2.39. The van der Waals surface area contributed by atoms with Gasteiger partial charge in [0, 0.05) is 5.56 Å². The molecule has 0 aliphatic heterocycles. The summed E-state index contributed by atoms with van der Waals surface area (Å²) in [7, 11) is 0. The molecule has 55 valence electrons. The van der Waals surface area contributed by atoms with Crippen LogP contribution in [0.15, 0.2) is 6.07 Å². The molecule has 0 aliphatic carbocycles. The minimum absolute atomic E-state index is 0.991. The molecule has 11 heavy (non-hydrogen) atoms. The van der Waals surface area contributed by atoms with Crippen molar-refractivity contribution in [1.29, 1.82) is 0 Å². The molecule has 0 nitrogen and oxygen atoms in total. The van der Waals surface area contributed by atoms with Gasteiger partial charge >= 0.3 is 0 Å². The highest BCUT2D eigenvalue weighted by atomic mass is 14.0. The fourth-order valence-corrected chi connectivity index (χ4v) is 1.09. The first-order chi connectivity index (χ1) is 5.16. The second kappa shape index (κ2) is 2.80. The molecule has 1 aromatic carbocycles. The molecular formula is C11H11. The highest BCUT2D eigenvalue weighted by molar-refractivity contribution is 5.47. The third kappa shape index (κ3) is 1.28. The summed E-state index contributed by atoms with van der Waals surface area (Å²) in [5.74, 6) is 2.67. The van der Waals surface area contributed by atoms with E-state index in [1.807, 2.05) is 26.8 Å². The molecular weight excluding hydrogens is 132 g/mol. The first kappa shape index (κ1) is 7.88. The molecule has 0 fully saturated rings. The molecule has 1 rings (SSSR count). The Morgan fingerprint density at radius 1 is 1.36 bits per heavy atom. The van der Waals surface area contributed by atoms with Gasteiger partial charge in [-0.2, -0.15) is 0 Å². The molecule has 0 aliphatic rings. The third-order valence-corrected chi connectivity index (χ3v) is 1.99. The lowest BCUT2D eigenvalue weighted by Gasteiger charge is -2.04. The molecule has 1 radical (unpaired) electrons. The first-order valence-corrected chi connectivity index (χ1v) is 3.62. The monoisotopic (exact) mass is 143 g/mol. The smallest absolute Gasteiger partial charge is 0.0309 e. The van der Waals surface area contributed by atoms with Gasteiger partial charge < -0.3 is 0 Å². The number of terminal acetylenes is 1. The third-order valence-electron chi connectivity index (χ3n) is 1.99. The van der Waals surface area contributed by atoms with E-state index in [2.05, 4.69) is 12.0 Å². The van der Waals surface area contributed by atoms with Gasteiger partial charge in [-0.3, -0.25) is 0 Å². The minimum atomic E-state index is 0.991. The second-order valence-corrected chi connectivity index (χ2v) is 2.74. The van der Waals surface area contributed by atoms with Crippen LogP contribution in [-0.2, 0) is 0 Å². The molecule has 0 saturated carbocycles.